The number of nitrogens with two attached hydrogens (primary N) is 1. The van der Waals surface area contributed by atoms with Crippen molar-refractivity contribution in [3.63, 3.8) is 0 Å². The van der Waals surface area contributed by atoms with Crippen LogP contribution >= 0.6 is 0 Å². The number of benzene rings is 1. The normalized spacial score (nSPS) is 21.8. The average molecular weight is 286 g/mol. The Labute approximate surface area is 112 Å². The lowest BCUT2D eigenvalue weighted by atomic mass is 10.0. The number of amides is 1. The molecule has 0 saturated carbocycles. The van der Waals surface area contributed by atoms with E-state index in [1.165, 1.54) is 0 Å². The Morgan fingerprint density at radius 2 is 2.00 bits per heavy atom. The predicted octanol–water partition coefficient (Wildman–Crippen LogP) is 0.575. The molecule has 4 N–H and O–H groups in total. The Balaban J connectivity index is 2.22. The number of anilines is 1. The average Bonchev–Trinajstić information content (AvgIpc) is 2.78. The maximum absolute atomic E-state index is 13.5. The van der Waals surface area contributed by atoms with Crippen molar-refractivity contribution in [2.45, 2.75) is 6.04 Å². The van der Waals surface area contributed by atoms with E-state index in [1.807, 2.05) is 0 Å². The molecule has 0 aliphatic carbocycles. The lowest BCUT2D eigenvalue weighted by molar-refractivity contribution is -0.120. The zero-order valence-electron chi connectivity index (χ0n) is 10.2. The second-order valence-corrected chi connectivity index (χ2v) is 4.41. The first kappa shape index (κ1) is 14.4. The van der Waals surface area contributed by atoms with Gasteiger partial charge in [-0.15, -0.1) is 0 Å². The van der Waals surface area contributed by atoms with Crippen LogP contribution in [0.4, 0.5) is 14.5 Å². The number of carbonyl (C=O) groups excluding carboxylic acids is 1. The number of carboxylic acid groups (broad SMARTS) is 1. The highest BCUT2D eigenvalue weighted by Gasteiger charge is 2.32. The van der Waals surface area contributed by atoms with E-state index in [4.69, 9.17) is 15.6 Å². The van der Waals surface area contributed by atoms with E-state index >= 15 is 0 Å². The number of carboxylic acids is 1. The molecule has 0 aromatic heterocycles. The summed E-state index contributed by atoms with van der Waals surface area (Å²) in [6.07, 6.45) is 0. The molecular weight excluding hydrogens is 274 g/mol. The van der Waals surface area contributed by atoms with Gasteiger partial charge in [-0.05, 0) is 6.07 Å². The number of aromatic carboxylic acids is 1. The molecule has 2 unspecified atom stereocenters. The van der Waals surface area contributed by atoms with Crippen LogP contribution in [-0.2, 0) is 9.53 Å². The van der Waals surface area contributed by atoms with Gasteiger partial charge in [0.15, 0.2) is 0 Å². The van der Waals surface area contributed by atoms with Gasteiger partial charge in [-0.2, -0.15) is 0 Å². The minimum atomic E-state index is -1.56. The molecule has 1 aromatic rings. The number of rotatable bonds is 3. The predicted molar refractivity (Wildman–Crippen MR) is 64.2 cm³/mol. The summed E-state index contributed by atoms with van der Waals surface area (Å²) >= 11 is 0. The molecule has 108 valence electrons. The molecule has 1 amide bonds. The molecule has 1 saturated heterocycles. The second-order valence-electron chi connectivity index (χ2n) is 4.41. The van der Waals surface area contributed by atoms with E-state index in [-0.39, 0.29) is 13.2 Å². The molecule has 2 rings (SSSR count). The van der Waals surface area contributed by atoms with Crippen LogP contribution in [0.15, 0.2) is 12.1 Å². The molecule has 0 radical (unpaired) electrons. The zero-order valence-corrected chi connectivity index (χ0v) is 10.2. The van der Waals surface area contributed by atoms with Crippen molar-refractivity contribution in [1.29, 1.82) is 0 Å². The first-order chi connectivity index (χ1) is 9.40. The third-order valence-corrected chi connectivity index (χ3v) is 3.01. The SMILES string of the molecule is NC1COCC1C(=O)Nc1cc(C(=O)O)c(F)cc1F. The molecule has 6 nitrogen and oxygen atoms in total. The van der Waals surface area contributed by atoms with Gasteiger partial charge in [0.25, 0.3) is 0 Å². The van der Waals surface area contributed by atoms with Crippen LogP contribution in [-0.4, -0.2) is 36.2 Å². The van der Waals surface area contributed by atoms with Crippen LogP contribution in [0.2, 0.25) is 0 Å². The topological polar surface area (TPSA) is 102 Å². The summed E-state index contributed by atoms with van der Waals surface area (Å²) in [5, 5.41) is 11.0. The van der Waals surface area contributed by atoms with Gasteiger partial charge in [0.05, 0.1) is 30.4 Å². The summed E-state index contributed by atoms with van der Waals surface area (Å²) < 4.78 is 31.7. The maximum Gasteiger partial charge on any atom is 0.338 e. The third kappa shape index (κ3) is 2.75. The van der Waals surface area contributed by atoms with Gasteiger partial charge in [-0.25, -0.2) is 13.6 Å². The van der Waals surface area contributed by atoms with E-state index in [1.54, 1.807) is 0 Å². The standard InChI is InChI=1S/C12H12F2N2O4/c13-7-2-8(14)10(1-5(7)12(18)19)16-11(17)6-3-20-4-9(6)15/h1-2,6,9H,3-4,15H2,(H,16,17)(H,18,19). The highest BCUT2D eigenvalue weighted by molar-refractivity contribution is 5.95. The van der Waals surface area contributed by atoms with Crippen LogP contribution in [0.25, 0.3) is 0 Å². The molecule has 20 heavy (non-hydrogen) atoms. The Morgan fingerprint density at radius 3 is 2.55 bits per heavy atom. The molecule has 0 bridgehead atoms. The number of hydrogen-bond acceptors (Lipinski definition) is 4. The zero-order chi connectivity index (χ0) is 14.9. The lowest BCUT2D eigenvalue weighted by Crippen LogP contribution is -2.37. The van der Waals surface area contributed by atoms with Crippen molar-refractivity contribution in [2.24, 2.45) is 11.7 Å². The van der Waals surface area contributed by atoms with Crippen molar-refractivity contribution in [3.8, 4) is 0 Å². The maximum atomic E-state index is 13.5. The number of ether oxygens (including phenoxy) is 1. The van der Waals surface area contributed by atoms with E-state index in [2.05, 4.69) is 5.32 Å². The molecule has 1 fully saturated rings. The fourth-order valence-corrected chi connectivity index (χ4v) is 1.88. The molecule has 1 aliphatic heterocycles. The van der Waals surface area contributed by atoms with Crippen molar-refractivity contribution < 1.29 is 28.2 Å². The summed E-state index contributed by atoms with van der Waals surface area (Å²) in [6, 6.07) is 0.619. The Bertz CT molecular complexity index is 565. The van der Waals surface area contributed by atoms with E-state index in [0.717, 1.165) is 6.07 Å². The first-order valence-electron chi connectivity index (χ1n) is 5.76. The fourth-order valence-electron chi connectivity index (χ4n) is 1.88. The van der Waals surface area contributed by atoms with Crippen LogP contribution in [0.5, 0.6) is 0 Å². The van der Waals surface area contributed by atoms with Gasteiger partial charge in [-0.3, -0.25) is 4.79 Å². The van der Waals surface area contributed by atoms with Crippen LogP contribution in [0.3, 0.4) is 0 Å². The monoisotopic (exact) mass is 286 g/mol. The van der Waals surface area contributed by atoms with Crippen LogP contribution in [0, 0.1) is 17.6 Å². The fraction of sp³-hybridized carbons (Fsp3) is 0.333. The number of nitrogens with one attached hydrogen (secondary N) is 1. The number of halogens is 2. The Morgan fingerprint density at radius 1 is 1.30 bits per heavy atom. The summed E-state index contributed by atoms with van der Waals surface area (Å²) in [5.41, 5.74) is 4.50. The van der Waals surface area contributed by atoms with Gasteiger partial charge in [-0.1, -0.05) is 0 Å². The van der Waals surface area contributed by atoms with Gasteiger partial charge in [0.1, 0.15) is 11.6 Å². The van der Waals surface area contributed by atoms with Gasteiger partial charge in [0, 0.05) is 12.1 Å². The highest BCUT2D eigenvalue weighted by Crippen LogP contribution is 2.21. The van der Waals surface area contributed by atoms with E-state index in [9.17, 15) is 18.4 Å². The minimum absolute atomic E-state index is 0.0988. The number of hydrogen-bond donors (Lipinski definition) is 3. The lowest BCUT2D eigenvalue weighted by Gasteiger charge is -2.14. The Kier molecular flexibility index (Phi) is 3.96. The number of carbonyl (C=O) groups is 2. The second kappa shape index (κ2) is 5.51. The quantitative estimate of drug-likeness (QED) is 0.754. The Hall–Kier alpha value is -2.06. The third-order valence-electron chi connectivity index (χ3n) is 3.01. The first-order valence-corrected chi connectivity index (χ1v) is 5.76. The molecule has 1 aromatic carbocycles. The smallest absolute Gasteiger partial charge is 0.338 e. The van der Waals surface area contributed by atoms with Gasteiger partial charge >= 0.3 is 5.97 Å². The minimum Gasteiger partial charge on any atom is -0.478 e. The van der Waals surface area contributed by atoms with Crippen molar-refractivity contribution in [2.75, 3.05) is 18.5 Å². The molecular formula is C12H12F2N2O4. The highest BCUT2D eigenvalue weighted by atomic mass is 19.1. The molecule has 0 spiro atoms. The summed E-state index contributed by atoms with van der Waals surface area (Å²) in [5.74, 6) is -5.09. The molecule has 8 heteroatoms. The van der Waals surface area contributed by atoms with Crippen LogP contribution < -0.4 is 11.1 Å². The molecule has 2 atom stereocenters. The van der Waals surface area contributed by atoms with E-state index < -0.39 is 46.7 Å². The van der Waals surface area contributed by atoms with Crippen LogP contribution in [0.1, 0.15) is 10.4 Å². The summed E-state index contributed by atoms with van der Waals surface area (Å²) in [4.78, 5) is 22.6. The summed E-state index contributed by atoms with van der Waals surface area (Å²) in [7, 11) is 0. The van der Waals surface area contributed by atoms with Gasteiger partial charge in [0.2, 0.25) is 5.91 Å². The van der Waals surface area contributed by atoms with Crippen molar-refractivity contribution in [1.82, 2.24) is 0 Å². The largest absolute Gasteiger partial charge is 0.478 e. The van der Waals surface area contributed by atoms with Crippen molar-refractivity contribution in [3.05, 3.63) is 29.3 Å². The molecule has 1 aliphatic rings. The molecule has 1 heterocycles. The summed E-state index contributed by atoms with van der Waals surface area (Å²) in [6.45, 7) is 0.311. The van der Waals surface area contributed by atoms with Crippen molar-refractivity contribution >= 4 is 17.6 Å². The van der Waals surface area contributed by atoms with Gasteiger partial charge < -0.3 is 20.9 Å². The van der Waals surface area contributed by atoms with E-state index in [0.29, 0.717) is 6.07 Å².